The largest absolute Gasteiger partial charge is 0.396 e. The first-order valence-electron chi connectivity index (χ1n) is 7.64. The van der Waals surface area contributed by atoms with Crippen LogP contribution in [-0.4, -0.2) is 11.7 Å². The summed E-state index contributed by atoms with van der Waals surface area (Å²) >= 11 is 0. The van der Waals surface area contributed by atoms with Crippen molar-refractivity contribution in [2.24, 2.45) is 29.6 Å². The van der Waals surface area contributed by atoms with Crippen LogP contribution in [0.2, 0.25) is 0 Å². The summed E-state index contributed by atoms with van der Waals surface area (Å²) in [6.07, 6.45) is 15.8. The third-order valence-corrected chi connectivity index (χ3v) is 5.70. The molecule has 3 aliphatic carbocycles. The van der Waals surface area contributed by atoms with Crippen molar-refractivity contribution in [2.45, 2.75) is 51.4 Å². The first-order valence-corrected chi connectivity index (χ1v) is 7.64. The zero-order valence-corrected chi connectivity index (χ0v) is 10.9. The molecule has 0 radical (unpaired) electrons. The molecule has 1 nitrogen and oxygen atoms in total. The molecule has 0 spiro atoms. The SMILES string of the molecule is OCCC[C@H]1CCC2CC3CC=CCC3C2C1. The van der Waals surface area contributed by atoms with Crippen LogP contribution in [0.1, 0.15) is 51.4 Å². The Morgan fingerprint density at radius 3 is 2.71 bits per heavy atom. The molecule has 3 aliphatic rings. The van der Waals surface area contributed by atoms with Crippen LogP contribution >= 0.6 is 0 Å². The lowest BCUT2D eigenvalue weighted by Gasteiger charge is -2.35. The minimum atomic E-state index is 0.388. The molecule has 2 saturated carbocycles. The van der Waals surface area contributed by atoms with Crippen LogP contribution < -0.4 is 0 Å². The third kappa shape index (κ3) is 2.31. The highest BCUT2D eigenvalue weighted by Crippen LogP contribution is 2.54. The Balaban J connectivity index is 1.62. The monoisotopic (exact) mass is 234 g/mol. The predicted octanol–water partition coefficient (Wildman–Crippen LogP) is 3.78. The molecule has 0 heterocycles. The highest BCUT2D eigenvalue weighted by Gasteiger charge is 2.45. The summed E-state index contributed by atoms with van der Waals surface area (Å²) in [6.45, 7) is 0.388. The second-order valence-electron chi connectivity index (χ2n) is 6.57. The van der Waals surface area contributed by atoms with Crippen molar-refractivity contribution in [3.63, 3.8) is 0 Å². The molecule has 0 bridgehead atoms. The van der Waals surface area contributed by atoms with Gasteiger partial charge < -0.3 is 5.11 Å². The molecule has 1 heteroatoms. The number of aliphatic hydroxyl groups is 1. The predicted molar refractivity (Wildman–Crippen MR) is 70.6 cm³/mol. The van der Waals surface area contributed by atoms with Gasteiger partial charge in [0.1, 0.15) is 0 Å². The highest BCUT2D eigenvalue weighted by atomic mass is 16.2. The first kappa shape index (κ1) is 11.8. The van der Waals surface area contributed by atoms with Gasteiger partial charge in [-0.05, 0) is 74.5 Å². The van der Waals surface area contributed by atoms with Gasteiger partial charge in [0.15, 0.2) is 0 Å². The topological polar surface area (TPSA) is 20.2 Å². The number of hydrogen-bond donors (Lipinski definition) is 1. The molecule has 0 aliphatic heterocycles. The van der Waals surface area contributed by atoms with Gasteiger partial charge in [0, 0.05) is 6.61 Å². The van der Waals surface area contributed by atoms with Gasteiger partial charge in [-0.1, -0.05) is 18.6 Å². The van der Waals surface area contributed by atoms with E-state index in [2.05, 4.69) is 12.2 Å². The first-order chi connectivity index (χ1) is 8.38. The van der Waals surface area contributed by atoms with E-state index < -0.39 is 0 Å². The van der Waals surface area contributed by atoms with Crippen molar-refractivity contribution in [2.75, 3.05) is 6.61 Å². The van der Waals surface area contributed by atoms with Gasteiger partial charge in [0.05, 0.1) is 0 Å². The maximum Gasteiger partial charge on any atom is 0.0431 e. The zero-order valence-electron chi connectivity index (χ0n) is 10.9. The van der Waals surface area contributed by atoms with Crippen molar-refractivity contribution in [3.05, 3.63) is 12.2 Å². The van der Waals surface area contributed by atoms with E-state index in [1.165, 1.54) is 44.9 Å². The molecule has 1 N–H and O–H groups in total. The number of fused-ring (bicyclic) bond motifs is 3. The van der Waals surface area contributed by atoms with Crippen LogP contribution in [0.4, 0.5) is 0 Å². The van der Waals surface area contributed by atoms with Crippen molar-refractivity contribution < 1.29 is 5.11 Å². The van der Waals surface area contributed by atoms with E-state index in [1.807, 2.05) is 0 Å². The number of allylic oxidation sites excluding steroid dienone is 2. The van der Waals surface area contributed by atoms with Crippen LogP contribution in [0.3, 0.4) is 0 Å². The molecule has 0 amide bonds. The molecule has 0 aromatic heterocycles. The van der Waals surface area contributed by atoms with Crippen molar-refractivity contribution in [1.82, 2.24) is 0 Å². The van der Waals surface area contributed by atoms with E-state index in [1.54, 1.807) is 0 Å². The molecule has 0 aromatic carbocycles. The van der Waals surface area contributed by atoms with E-state index >= 15 is 0 Å². The summed E-state index contributed by atoms with van der Waals surface area (Å²) in [7, 11) is 0. The van der Waals surface area contributed by atoms with Gasteiger partial charge in [-0.25, -0.2) is 0 Å². The second-order valence-corrected chi connectivity index (χ2v) is 6.57. The molecule has 4 unspecified atom stereocenters. The normalized spacial score (nSPS) is 44.4. The molecule has 2 fully saturated rings. The molecule has 3 rings (SSSR count). The molecule has 0 aromatic rings. The number of hydrogen-bond acceptors (Lipinski definition) is 1. The summed E-state index contributed by atoms with van der Waals surface area (Å²) < 4.78 is 0. The molecule has 0 saturated heterocycles. The van der Waals surface area contributed by atoms with E-state index in [0.29, 0.717) is 6.61 Å². The van der Waals surface area contributed by atoms with E-state index in [-0.39, 0.29) is 0 Å². The Labute approximate surface area is 105 Å². The summed E-state index contributed by atoms with van der Waals surface area (Å²) in [5.74, 6) is 5.04. The molecule has 96 valence electrons. The summed E-state index contributed by atoms with van der Waals surface area (Å²) in [4.78, 5) is 0. The van der Waals surface area contributed by atoms with Gasteiger partial charge >= 0.3 is 0 Å². The average Bonchev–Trinajstić information content (AvgIpc) is 2.74. The summed E-state index contributed by atoms with van der Waals surface area (Å²) in [5, 5.41) is 8.96. The molecular weight excluding hydrogens is 208 g/mol. The van der Waals surface area contributed by atoms with Crippen LogP contribution in [0.5, 0.6) is 0 Å². The number of aliphatic hydroxyl groups excluding tert-OH is 1. The van der Waals surface area contributed by atoms with Crippen molar-refractivity contribution >= 4 is 0 Å². The lowest BCUT2D eigenvalue weighted by Crippen LogP contribution is -2.26. The Bertz CT molecular complexity index is 283. The van der Waals surface area contributed by atoms with Crippen LogP contribution in [-0.2, 0) is 0 Å². The van der Waals surface area contributed by atoms with E-state index in [9.17, 15) is 0 Å². The maximum atomic E-state index is 8.96. The average molecular weight is 234 g/mol. The Kier molecular flexibility index (Phi) is 3.56. The number of rotatable bonds is 3. The fourth-order valence-corrected chi connectivity index (χ4v) is 4.89. The van der Waals surface area contributed by atoms with Gasteiger partial charge in [0.2, 0.25) is 0 Å². The van der Waals surface area contributed by atoms with Crippen LogP contribution in [0.25, 0.3) is 0 Å². The lowest BCUT2D eigenvalue weighted by molar-refractivity contribution is 0.152. The minimum absolute atomic E-state index is 0.388. The molecule has 17 heavy (non-hydrogen) atoms. The summed E-state index contributed by atoms with van der Waals surface area (Å²) in [5.41, 5.74) is 0. The fraction of sp³-hybridized carbons (Fsp3) is 0.875. The van der Waals surface area contributed by atoms with Gasteiger partial charge in [-0.2, -0.15) is 0 Å². The Hall–Kier alpha value is -0.300. The van der Waals surface area contributed by atoms with Gasteiger partial charge in [0.25, 0.3) is 0 Å². The van der Waals surface area contributed by atoms with Gasteiger partial charge in [-0.3, -0.25) is 0 Å². The highest BCUT2D eigenvalue weighted by molar-refractivity contribution is 5.03. The van der Waals surface area contributed by atoms with Crippen LogP contribution in [0.15, 0.2) is 12.2 Å². The quantitative estimate of drug-likeness (QED) is 0.737. The van der Waals surface area contributed by atoms with Gasteiger partial charge in [-0.15, -0.1) is 0 Å². The van der Waals surface area contributed by atoms with E-state index in [0.717, 1.165) is 36.0 Å². The molecule has 5 atom stereocenters. The van der Waals surface area contributed by atoms with Crippen molar-refractivity contribution in [3.8, 4) is 0 Å². The fourth-order valence-electron chi connectivity index (χ4n) is 4.89. The Morgan fingerprint density at radius 2 is 1.82 bits per heavy atom. The maximum absolute atomic E-state index is 8.96. The zero-order chi connectivity index (χ0) is 11.7. The smallest absolute Gasteiger partial charge is 0.0431 e. The standard InChI is InChI=1S/C16H26O/c17-9-3-4-12-7-8-14-11-13-5-1-2-6-15(13)16(14)10-12/h1-2,12-17H,3-11H2/t12-,13?,14?,15?,16?/m0/s1. The van der Waals surface area contributed by atoms with Crippen molar-refractivity contribution in [1.29, 1.82) is 0 Å². The summed E-state index contributed by atoms with van der Waals surface area (Å²) in [6, 6.07) is 0. The third-order valence-electron chi connectivity index (χ3n) is 5.70. The second kappa shape index (κ2) is 5.14. The van der Waals surface area contributed by atoms with E-state index in [4.69, 9.17) is 5.11 Å². The minimum Gasteiger partial charge on any atom is -0.396 e. The Morgan fingerprint density at radius 1 is 0.941 bits per heavy atom. The molecular formula is C16H26O. The lowest BCUT2D eigenvalue weighted by atomic mass is 9.70. The van der Waals surface area contributed by atoms with Crippen LogP contribution in [0, 0.1) is 29.6 Å².